The fraction of sp³-hybridized carbons (Fsp3) is 0.375. The smallest absolute Gasteiger partial charge is 0.321 e. The Morgan fingerprint density at radius 3 is 2.67 bits per heavy atom. The van der Waals surface area contributed by atoms with E-state index in [0.29, 0.717) is 0 Å². The van der Waals surface area contributed by atoms with E-state index < -0.39 is 6.09 Å². The molecule has 1 aromatic heterocycles. The third-order valence-electron chi connectivity index (χ3n) is 1.96. The quantitative estimate of drug-likeness (QED) is 0.825. The third kappa shape index (κ3) is 2.56. The van der Waals surface area contributed by atoms with E-state index in [9.17, 15) is 4.79 Å². The summed E-state index contributed by atoms with van der Waals surface area (Å²) in [7, 11) is 0. The van der Waals surface area contributed by atoms with Gasteiger partial charge < -0.3 is 9.74 Å². The summed E-state index contributed by atoms with van der Waals surface area (Å²) in [4.78, 5) is 25.4. The van der Waals surface area contributed by atoms with Gasteiger partial charge >= 0.3 is 6.09 Å². The monoisotopic (exact) mass is 272 g/mol. The first-order valence-electron chi connectivity index (χ1n) is 4.45. The second-order valence-corrected chi connectivity index (χ2v) is 3.95. The first-order valence-corrected chi connectivity index (χ1v) is 5.24. The number of likely N-dealkylation sites (tertiary alicyclic amines) is 1. The molecular formula is C8H9BrN4O2. The molecule has 1 saturated heterocycles. The molecule has 0 aromatic carbocycles. The van der Waals surface area contributed by atoms with Gasteiger partial charge in [-0.2, -0.15) is 5.48 Å². The van der Waals surface area contributed by atoms with E-state index >= 15 is 0 Å². The average molecular weight is 273 g/mol. The molecule has 0 aliphatic carbocycles. The summed E-state index contributed by atoms with van der Waals surface area (Å²) in [5.74, 6) is 0.257. The minimum atomic E-state index is -0.396. The summed E-state index contributed by atoms with van der Waals surface area (Å²) in [6.45, 7) is 1.50. The van der Waals surface area contributed by atoms with E-state index in [1.54, 1.807) is 17.3 Å². The van der Waals surface area contributed by atoms with Gasteiger partial charge in [-0.05, 0) is 22.4 Å². The van der Waals surface area contributed by atoms with Crippen molar-refractivity contribution in [2.75, 3.05) is 18.6 Å². The predicted octanol–water partition coefficient (Wildman–Crippen LogP) is 1.41. The molecule has 2 rings (SSSR count). The van der Waals surface area contributed by atoms with E-state index in [0.717, 1.165) is 24.0 Å². The van der Waals surface area contributed by atoms with Crippen molar-refractivity contribution in [1.82, 2.24) is 14.9 Å². The highest BCUT2D eigenvalue weighted by Gasteiger charge is 2.21. The highest BCUT2D eigenvalue weighted by Crippen LogP contribution is 2.09. The number of halogens is 1. The van der Waals surface area contributed by atoms with Crippen LogP contribution in [0.2, 0.25) is 0 Å². The van der Waals surface area contributed by atoms with E-state index in [-0.39, 0.29) is 5.95 Å². The molecule has 0 unspecified atom stereocenters. The Morgan fingerprint density at radius 2 is 2.13 bits per heavy atom. The van der Waals surface area contributed by atoms with Gasteiger partial charge in [0, 0.05) is 25.5 Å². The number of aromatic nitrogens is 2. The molecule has 7 heteroatoms. The average Bonchev–Trinajstić information content (AvgIpc) is 2.14. The maximum Gasteiger partial charge on any atom is 0.434 e. The van der Waals surface area contributed by atoms with Crippen molar-refractivity contribution in [2.24, 2.45) is 0 Å². The molecule has 2 heterocycles. The van der Waals surface area contributed by atoms with E-state index in [2.05, 4.69) is 31.4 Å². The summed E-state index contributed by atoms with van der Waals surface area (Å²) in [6.07, 6.45) is 3.76. The maximum atomic E-state index is 11.2. The molecule has 6 nitrogen and oxygen atoms in total. The molecule has 80 valence electrons. The van der Waals surface area contributed by atoms with Crippen molar-refractivity contribution in [3.8, 4) is 0 Å². The second kappa shape index (κ2) is 4.43. The highest BCUT2D eigenvalue weighted by molar-refractivity contribution is 9.10. The fourth-order valence-electron chi connectivity index (χ4n) is 1.02. The minimum absolute atomic E-state index is 0.257. The molecule has 1 fully saturated rings. The maximum absolute atomic E-state index is 11.2. The van der Waals surface area contributed by atoms with Crippen LogP contribution in [0, 0.1) is 0 Å². The largest absolute Gasteiger partial charge is 0.434 e. The molecule has 15 heavy (non-hydrogen) atoms. The Kier molecular flexibility index (Phi) is 3.00. The molecule has 0 saturated carbocycles. The third-order valence-corrected chi connectivity index (χ3v) is 2.37. The molecule has 1 aromatic rings. The number of carbonyl (C=O) groups excluding carboxylic acids is 1. The topological polar surface area (TPSA) is 67.3 Å². The van der Waals surface area contributed by atoms with Crippen molar-refractivity contribution < 1.29 is 9.63 Å². The number of rotatable bonds is 2. The van der Waals surface area contributed by atoms with Gasteiger partial charge in [0.25, 0.3) is 5.95 Å². The zero-order chi connectivity index (χ0) is 10.7. The van der Waals surface area contributed by atoms with Crippen LogP contribution in [0.25, 0.3) is 0 Å². The van der Waals surface area contributed by atoms with Gasteiger partial charge in [0.05, 0.1) is 4.47 Å². The van der Waals surface area contributed by atoms with Crippen molar-refractivity contribution in [3.63, 3.8) is 0 Å². The molecule has 1 amide bonds. The number of nitrogens with zero attached hydrogens (tertiary/aromatic N) is 3. The number of hydrogen-bond donors (Lipinski definition) is 1. The Labute approximate surface area is 94.7 Å². The number of amides is 1. The fourth-order valence-corrected chi connectivity index (χ4v) is 1.22. The standard InChI is InChI=1S/C8H9BrN4O2/c9-6-4-10-7(11-5-6)12-15-8(14)13-2-1-3-13/h4-5H,1-3H2,(H,10,11,12). The van der Waals surface area contributed by atoms with E-state index in [4.69, 9.17) is 4.84 Å². The van der Waals surface area contributed by atoms with E-state index in [1.807, 2.05) is 0 Å². The second-order valence-electron chi connectivity index (χ2n) is 3.04. The van der Waals surface area contributed by atoms with Gasteiger partial charge in [-0.3, -0.25) is 0 Å². The van der Waals surface area contributed by atoms with Crippen LogP contribution in [0.3, 0.4) is 0 Å². The van der Waals surface area contributed by atoms with Crippen LogP contribution in [0.5, 0.6) is 0 Å². The number of nitrogens with one attached hydrogen (secondary N) is 1. The zero-order valence-electron chi connectivity index (χ0n) is 7.81. The van der Waals surface area contributed by atoms with Crippen LogP contribution in [0.4, 0.5) is 10.7 Å². The highest BCUT2D eigenvalue weighted by atomic mass is 79.9. The van der Waals surface area contributed by atoms with Crippen LogP contribution >= 0.6 is 15.9 Å². The molecule has 1 aliphatic heterocycles. The van der Waals surface area contributed by atoms with Crippen LogP contribution in [-0.4, -0.2) is 34.1 Å². The van der Waals surface area contributed by atoms with Gasteiger partial charge in [-0.25, -0.2) is 14.8 Å². The normalized spacial score (nSPS) is 14.3. The molecule has 1 aliphatic rings. The first kappa shape index (κ1) is 10.2. The van der Waals surface area contributed by atoms with Crippen LogP contribution in [0.15, 0.2) is 16.9 Å². The summed E-state index contributed by atoms with van der Waals surface area (Å²) in [6, 6.07) is 0. The molecular weight excluding hydrogens is 264 g/mol. The summed E-state index contributed by atoms with van der Waals surface area (Å²) >= 11 is 3.20. The molecule has 0 radical (unpaired) electrons. The molecule has 0 spiro atoms. The number of carbonyl (C=O) groups is 1. The summed E-state index contributed by atoms with van der Waals surface area (Å²) in [5, 5.41) is 0. The van der Waals surface area contributed by atoms with Gasteiger partial charge in [0.15, 0.2) is 0 Å². The van der Waals surface area contributed by atoms with Gasteiger partial charge in [0.1, 0.15) is 0 Å². The Morgan fingerprint density at radius 1 is 1.47 bits per heavy atom. The molecule has 1 N–H and O–H groups in total. The zero-order valence-corrected chi connectivity index (χ0v) is 9.40. The van der Waals surface area contributed by atoms with Crippen LogP contribution in [0.1, 0.15) is 6.42 Å². The SMILES string of the molecule is O=C(ONc1ncc(Br)cn1)N1CCC1. The Hall–Kier alpha value is -1.37. The van der Waals surface area contributed by atoms with Gasteiger partial charge in [0.2, 0.25) is 0 Å². The van der Waals surface area contributed by atoms with Crippen LogP contribution in [-0.2, 0) is 4.84 Å². The van der Waals surface area contributed by atoms with Crippen LogP contribution < -0.4 is 5.48 Å². The first-order chi connectivity index (χ1) is 7.25. The molecule has 0 atom stereocenters. The Bertz CT molecular complexity index is 352. The van der Waals surface area contributed by atoms with Crippen molar-refractivity contribution in [1.29, 1.82) is 0 Å². The lowest BCUT2D eigenvalue weighted by molar-refractivity contribution is 0.0975. The van der Waals surface area contributed by atoms with Crippen molar-refractivity contribution in [2.45, 2.75) is 6.42 Å². The molecule has 0 bridgehead atoms. The summed E-state index contributed by atoms with van der Waals surface area (Å²) < 4.78 is 0.766. The lowest BCUT2D eigenvalue weighted by Gasteiger charge is -2.29. The Balaban J connectivity index is 1.82. The van der Waals surface area contributed by atoms with Crippen molar-refractivity contribution in [3.05, 3.63) is 16.9 Å². The van der Waals surface area contributed by atoms with Crippen molar-refractivity contribution >= 4 is 28.0 Å². The lowest BCUT2D eigenvalue weighted by Crippen LogP contribution is -2.43. The lowest BCUT2D eigenvalue weighted by atomic mass is 10.2. The number of hydrogen-bond acceptors (Lipinski definition) is 5. The summed E-state index contributed by atoms with van der Waals surface area (Å²) in [5.41, 5.74) is 2.39. The minimum Gasteiger partial charge on any atom is -0.321 e. The predicted molar refractivity (Wildman–Crippen MR) is 56.0 cm³/mol. The van der Waals surface area contributed by atoms with E-state index in [1.165, 1.54) is 0 Å². The van der Waals surface area contributed by atoms with Gasteiger partial charge in [-0.1, -0.05) is 0 Å². The van der Waals surface area contributed by atoms with Gasteiger partial charge in [-0.15, -0.1) is 0 Å². The number of anilines is 1.